The van der Waals surface area contributed by atoms with E-state index in [1.165, 1.54) is 0 Å². The number of nitrogens with zero attached hydrogens (tertiary/aromatic N) is 2. The van der Waals surface area contributed by atoms with E-state index in [2.05, 4.69) is 14.9 Å². The first kappa shape index (κ1) is 13.6. The van der Waals surface area contributed by atoms with Crippen molar-refractivity contribution in [3.05, 3.63) is 10.6 Å². The third-order valence-corrected chi connectivity index (χ3v) is 2.85. The van der Waals surface area contributed by atoms with Crippen molar-refractivity contribution >= 4 is 23.4 Å². The number of ether oxygens (including phenoxy) is 1. The van der Waals surface area contributed by atoms with Gasteiger partial charge >= 0.3 is 5.97 Å². The molecule has 0 aliphatic heterocycles. The summed E-state index contributed by atoms with van der Waals surface area (Å²) in [6.45, 7) is 5.48. The molecule has 1 N–H and O–H groups in total. The van der Waals surface area contributed by atoms with Crippen molar-refractivity contribution in [3.63, 3.8) is 0 Å². The Balaban J connectivity index is 2.63. The van der Waals surface area contributed by atoms with Crippen molar-refractivity contribution in [2.24, 2.45) is 0 Å². The molecule has 7 heteroatoms. The summed E-state index contributed by atoms with van der Waals surface area (Å²) in [5.74, 6) is -0.784. The highest BCUT2D eigenvalue weighted by Crippen LogP contribution is 2.11. The van der Waals surface area contributed by atoms with Crippen LogP contribution in [-0.4, -0.2) is 34.1 Å². The highest BCUT2D eigenvalue weighted by atomic mass is 32.1. The Morgan fingerprint density at radius 2 is 2.18 bits per heavy atom. The van der Waals surface area contributed by atoms with Gasteiger partial charge in [-0.2, -0.15) is 0 Å². The van der Waals surface area contributed by atoms with Gasteiger partial charge in [-0.05, 0) is 31.8 Å². The van der Waals surface area contributed by atoms with E-state index >= 15 is 0 Å². The molecule has 1 aromatic rings. The molecular weight excluding hydrogens is 242 g/mol. The zero-order valence-corrected chi connectivity index (χ0v) is 10.8. The van der Waals surface area contributed by atoms with Gasteiger partial charge in [-0.1, -0.05) is 11.4 Å². The van der Waals surface area contributed by atoms with Gasteiger partial charge in [0.2, 0.25) is 0 Å². The fourth-order valence-corrected chi connectivity index (χ4v) is 1.85. The van der Waals surface area contributed by atoms with Crippen LogP contribution in [0.25, 0.3) is 0 Å². The second-order valence-electron chi connectivity index (χ2n) is 3.35. The lowest BCUT2D eigenvalue weighted by Crippen LogP contribution is -2.39. The van der Waals surface area contributed by atoms with Gasteiger partial charge in [-0.15, -0.1) is 5.10 Å². The van der Waals surface area contributed by atoms with E-state index in [4.69, 9.17) is 4.74 Å². The maximum absolute atomic E-state index is 11.8. The van der Waals surface area contributed by atoms with Crippen molar-refractivity contribution in [1.82, 2.24) is 14.9 Å². The van der Waals surface area contributed by atoms with E-state index < -0.39 is 12.0 Å². The van der Waals surface area contributed by atoms with E-state index in [-0.39, 0.29) is 5.91 Å². The normalized spacial score (nSPS) is 11.9. The molecule has 0 aromatic carbocycles. The van der Waals surface area contributed by atoms with Crippen LogP contribution in [0, 0.1) is 0 Å². The average Bonchev–Trinajstić information content (AvgIpc) is 2.77. The minimum atomic E-state index is -0.672. The van der Waals surface area contributed by atoms with Crippen LogP contribution in [0.2, 0.25) is 0 Å². The van der Waals surface area contributed by atoms with Gasteiger partial charge in [0.25, 0.3) is 5.91 Å². The molecule has 0 saturated heterocycles. The Bertz CT molecular complexity index is 405. The number of carbonyl (C=O) groups is 2. The number of aryl methyl sites for hydroxylation is 1. The lowest BCUT2D eigenvalue weighted by Gasteiger charge is -2.11. The molecule has 0 radical (unpaired) electrons. The van der Waals surface area contributed by atoms with E-state index in [9.17, 15) is 9.59 Å². The van der Waals surface area contributed by atoms with Crippen molar-refractivity contribution < 1.29 is 14.3 Å². The van der Waals surface area contributed by atoms with Gasteiger partial charge in [0.05, 0.1) is 12.3 Å². The van der Waals surface area contributed by atoms with Crippen LogP contribution in [0.3, 0.4) is 0 Å². The molecule has 0 fully saturated rings. The number of hydrogen-bond acceptors (Lipinski definition) is 6. The largest absolute Gasteiger partial charge is 0.464 e. The number of amides is 1. The molecule has 0 saturated carbocycles. The monoisotopic (exact) mass is 257 g/mol. The summed E-state index contributed by atoms with van der Waals surface area (Å²) in [5, 5.41) is 6.39. The zero-order chi connectivity index (χ0) is 12.8. The molecule has 17 heavy (non-hydrogen) atoms. The maximum atomic E-state index is 11.8. The van der Waals surface area contributed by atoms with Crippen molar-refractivity contribution in [2.75, 3.05) is 6.61 Å². The van der Waals surface area contributed by atoms with Crippen LogP contribution in [0.5, 0.6) is 0 Å². The van der Waals surface area contributed by atoms with Gasteiger partial charge in [-0.3, -0.25) is 4.79 Å². The number of hydrogen-bond donors (Lipinski definition) is 1. The van der Waals surface area contributed by atoms with Crippen LogP contribution in [-0.2, 0) is 16.0 Å². The lowest BCUT2D eigenvalue weighted by atomic mass is 10.2. The summed E-state index contributed by atoms with van der Waals surface area (Å²) < 4.78 is 8.51. The summed E-state index contributed by atoms with van der Waals surface area (Å²) in [6, 6.07) is -0.672. The first-order valence-corrected chi connectivity index (χ1v) is 6.16. The number of nitrogens with one attached hydrogen (secondary N) is 1. The molecule has 94 valence electrons. The summed E-state index contributed by atoms with van der Waals surface area (Å²) in [5.41, 5.74) is 0.642. The molecule has 1 unspecified atom stereocenters. The molecular formula is C10H15N3O3S. The Kier molecular flexibility index (Phi) is 5.02. The predicted octanol–water partition coefficient (Wildman–Crippen LogP) is 0.782. The molecule has 1 heterocycles. The highest BCUT2D eigenvalue weighted by molar-refractivity contribution is 7.08. The standard InChI is InChI=1S/C10H15N3O3S/c1-4-7-8(17-13-12-7)9(14)11-6(3)10(15)16-5-2/h6H,4-5H2,1-3H3,(H,11,14). The summed E-state index contributed by atoms with van der Waals surface area (Å²) in [4.78, 5) is 23.6. The number of rotatable bonds is 5. The van der Waals surface area contributed by atoms with Crippen molar-refractivity contribution in [3.8, 4) is 0 Å². The number of esters is 1. The molecule has 0 bridgehead atoms. The third kappa shape index (κ3) is 3.48. The minimum absolute atomic E-state index is 0.293. The highest BCUT2D eigenvalue weighted by Gasteiger charge is 2.21. The van der Waals surface area contributed by atoms with Crippen LogP contribution >= 0.6 is 11.5 Å². The van der Waals surface area contributed by atoms with Gasteiger partial charge in [0.15, 0.2) is 0 Å². The van der Waals surface area contributed by atoms with Crippen LogP contribution in [0.1, 0.15) is 36.1 Å². The zero-order valence-electron chi connectivity index (χ0n) is 10.0. The van der Waals surface area contributed by atoms with Gasteiger partial charge in [-0.25, -0.2) is 4.79 Å². The Morgan fingerprint density at radius 3 is 2.76 bits per heavy atom. The first-order chi connectivity index (χ1) is 8.10. The van der Waals surface area contributed by atoms with Gasteiger partial charge in [0.1, 0.15) is 10.9 Å². The van der Waals surface area contributed by atoms with Crippen LogP contribution in [0.15, 0.2) is 0 Å². The van der Waals surface area contributed by atoms with E-state index in [0.29, 0.717) is 23.6 Å². The molecule has 0 aliphatic carbocycles. The maximum Gasteiger partial charge on any atom is 0.328 e. The molecule has 1 rings (SSSR count). The first-order valence-electron chi connectivity index (χ1n) is 5.38. The molecule has 1 atom stereocenters. The average molecular weight is 257 g/mol. The van der Waals surface area contributed by atoms with E-state index in [1.54, 1.807) is 13.8 Å². The Morgan fingerprint density at radius 1 is 1.47 bits per heavy atom. The molecule has 0 spiro atoms. The van der Waals surface area contributed by atoms with Crippen LogP contribution < -0.4 is 5.32 Å². The minimum Gasteiger partial charge on any atom is -0.464 e. The lowest BCUT2D eigenvalue weighted by molar-refractivity contribution is -0.144. The molecule has 1 aromatic heterocycles. The SMILES string of the molecule is CCOC(=O)C(C)NC(=O)c1snnc1CC. The smallest absolute Gasteiger partial charge is 0.328 e. The predicted molar refractivity (Wildman–Crippen MR) is 62.8 cm³/mol. The second-order valence-corrected chi connectivity index (χ2v) is 4.10. The quantitative estimate of drug-likeness (QED) is 0.788. The second kappa shape index (κ2) is 6.29. The Hall–Kier alpha value is -1.50. The fraction of sp³-hybridized carbons (Fsp3) is 0.600. The van der Waals surface area contributed by atoms with Gasteiger partial charge < -0.3 is 10.1 Å². The topological polar surface area (TPSA) is 81.2 Å². The van der Waals surface area contributed by atoms with E-state index in [0.717, 1.165) is 11.5 Å². The van der Waals surface area contributed by atoms with E-state index in [1.807, 2.05) is 6.92 Å². The third-order valence-electron chi connectivity index (χ3n) is 2.08. The van der Waals surface area contributed by atoms with Crippen LogP contribution in [0.4, 0.5) is 0 Å². The van der Waals surface area contributed by atoms with Crippen molar-refractivity contribution in [2.45, 2.75) is 33.2 Å². The van der Waals surface area contributed by atoms with Gasteiger partial charge in [0, 0.05) is 0 Å². The Labute approximate surface area is 104 Å². The number of aromatic nitrogens is 2. The molecule has 6 nitrogen and oxygen atoms in total. The fourth-order valence-electron chi connectivity index (χ4n) is 1.20. The number of carbonyl (C=O) groups excluding carboxylic acids is 2. The summed E-state index contributed by atoms with van der Waals surface area (Å²) >= 11 is 1.02. The summed E-state index contributed by atoms with van der Waals surface area (Å²) in [7, 11) is 0. The molecule has 1 amide bonds. The molecule has 0 aliphatic rings. The summed E-state index contributed by atoms with van der Waals surface area (Å²) in [6.07, 6.45) is 0.632. The van der Waals surface area contributed by atoms with Crippen molar-refractivity contribution in [1.29, 1.82) is 0 Å².